The van der Waals surface area contributed by atoms with Crippen LogP contribution in [0.15, 0.2) is 66.1 Å². The summed E-state index contributed by atoms with van der Waals surface area (Å²) in [7, 11) is 3.12. The first-order chi connectivity index (χ1) is 23.5. The van der Waals surface area contributed by atoms with Gasteiger partial charge in [0.2, 0.25) is 5.95 Å². The monoisotopic (exact) mass is 747 g/mol. The Morgan fingerprint density at radius 2 is 1.76 bits per heavy atom. The number of aryl methyl sites for hydroxylation is 1. The Kier molecular flexibility index (Phi) is 10.8. The summed E-state index contributed by atoms with van der Waals surface area (Å²) < 4.78 is 21.8. The number of ether oxygens (including phenoxy) is 1. The van der Waals surface area contributed by atoms with Gasteiger partial charge in [-0.15, -0.1) is 6.58 Å². The topological polar surface area (TPSA) is 104 Å². The molecule has 49 heavy (non-hydrogen) atoms. The number of piperidine rings is 1. The first-order valence-electron chi connectivity index (χ1n) is 16.8. The molecule has 0 unspecified atom stereocenters. The molecule has 260 valence electrons. The molecule has 2 N–H and O–H groups in total. The molecule has 6 rings (SSSR count). The van der Waals surface area contributed by atoms with E-state index in [9.17, 15) is 4.57 Å². The third-order valence-corrected chi connectivity index (χ3v) is 11.6. The summed E-state index contributed by atoms with van der Waals surface area (Å²) in [6.45, 7) is 14.2. The van der Waals surface area contributed by atoms with Gasteiger partial charge in [0.25, 0.3) is 0 Å². The number of hydrogen-bond acceptors (Lipinski definition) is 10. The molecule has 11 nitrogen and oxygen atoms in total. The number of halogens is 1. The zero-order valence-corrected chi connectivity index (χ0v) is 31.6. The fraction of sp³-hybridized carbons (Fsp3) is 0.417. The second-order valence-corrected chi connectivity index (χ2v) is 17.4. The smallest absolute Gasteiger partial charge is 0.229 e. The van der Waals surface area contributed by atoms with Crippen molar-refractivity contribution in [3.63, 3.8) is 0 Å². The Balaban J connectivity index is 1.22. The van der Waals surface area contributed by atoms with E-state index in [2.05, 4.69) is 77.1 Å². The van der Waals surface area contributed by atoms with Crippen LogP contribution in [-0.2, 0) is 18.0 Å². The number of piperazine rings is 1. The van der Waals surface area contributed by atoms with E-state index >= 15 is 0 Å². The fourth-order valence-corrected chi connectivity index (χ4v) is 8.20. The zero-order chi connectivity index (χ0) is 34.7. The van der Waals surface area contributed by atoms with Gasteiger partial charge < -0.3 is 29.7 Å². The molecule has 0 aliphatic carbocycles. The molecule has 0 atom stereocenters. The minimum absolute atomic E-state index is 0.402. The third-order valence-electron chi connectivity index (χ3n) is 9.48. The van der Waals surface area contributed by atoms with E-state index in [1.807, 2.05) is 37.5 Å². The van der Waals surface area contributed by atoms with E-state index in [-0.39, 0.29) is 0 Å². The second kappa shape index (κ2) is 15.0. The van der Waals surface area contributed by atoms with Crippen LogP contribution in [0.1, 0.15) is 18.4 Å². The number of hydrogen-bond donors (Lipinski definition) is 2. The lowest BCUT2D eigenvalue weighted by Gasteiger charge is -2.43. The van der Waals surface area contributed by atoms with Crippen LogP contribution in [0.3, 0.4) is 0 Å². The number of methoxy groups -OCH3 is 1. The van der Waals surface area contributed by atoms with Crippen LogP contribution in [0.25, 0.3) is 11.1 Å². The quantitative estimate of drug-likeness (QED) is 0.134. The van der Waals surface area contributed by atoms with Gasteiger partial charge in [0, 0.05) is 87.4 Å². The third kappa shape index (κ3) is 8.20. The lowest BCUT2D eigenvalue weighted by atomic mass is 9.99. The maximum absolute atomic E-state index is 13.5. The summed E-state index contributed by atoms with van der Waals surface area (Å²) in [5.74, 6) is 1.67. The molecular weight excluding hydrogens is 701 g/mol. The van der Waals surface area contributed by atoms with Crippen molar-refractivity contribution in [2.45, 2.75) is 25.3 Å². The lowest BCUT2D eigenvalue weighted by Crippen LogP contribution is -2.52. The number of anilines is 5. The molecule has 4 heterocycles. The molecule has 2 aliphatic heterocycles. The van der Waals surface area contributed by atoms with E-state index in [1.165, 1.54) is 11.3 Å². The Hall–Kier alpha value is -3.70. The number of allylic oxidation sites excluding steroid dienone is 1. The maximum Gasteiger partial charge on any atom is 0.229 e. The molecule has 2 aromatic heterocycles. The number of aromatic nitrogens is 4. The summed E-state index contributed by atoms with van der Waals surface area (Å²) in [6, 6.07) is 10.8. The van der Waals surface area contributed by atoms with E-state index < -0.39 is 7.14 Å². The van der Waals surface area contributed by atoms with Crippen molar-refractivity contribution < 1.29 is 9.30 Å². The predicted molar refractivity (Wildman–Crippen MR) is 205 cm³/mol. The molecule has 0 amide bonds. The fourth-order valence-electron chi connectivity index (χ4n) is 6.75. The average molecular weight is 749 g/mol. The highest BCUT2D eigenvalue weighted by Gasteiger charge is 2.28. The average Bonchev–Trinajstić information content (AvgIpc) is 3.53. The van der Waals surface area contributed by atoms with Gasteiger partial charge in [-0.3, -0.25) is 9.58 Å². The molecule has 0 bridgehead atoms. The number of likely N-dealkylation sites (N-methyl/N-ethyl adjacent to an activating group) is 1. The first-order valence-corrected chi connectivity index (χ1v) is 20.2. The second-order valence-electron chi connectivity index (χ2n) is 13.4. The molecule has 2 aromatic carbocycles. The minimum Gasteiger partial charge on any atom is -0.494 e. The van der Waals surface area contributed by atoms with Crippen LogP contribution in [0.5, 0.6) is 5.75 Å². The SMILES string of the molecule is C=CCc1cc(Nc2ncc(Br)c(Nc3ccc(-c4cnn(C)c4)cc3P(C)(C)=O)n2)c(OC)cc1N1CCC(N2CCN(C)CC2)CC1. The highest BCUT2D eigenvalue weighted by molar-refractivity contribution is 9.10. The van der Waals surface area contributed by atoms with Crippen molar-refractivity contribution in [1.29, 1.82) is 0 Å². The summed E-state index contributed by atoms with van der Waals surface area (Å²) in [4.78, 5) is 17.0. The van der Waals surface area contributed by atoms with Crippen molar-refractivity contribution in [1.82, 2.24) is 29.5 Å². The molecule has 4 aromatic rings. The minimum atomic E-state index is -2.66. The van der Waals surface area contributed by atoms with Gasteiger partial charge in [0.1, 0.15) is 18.7 Å². The molecule has 2 saturated heterocycles. The molecule has 0 saturated carbocycles. The number of benzene rings is 2. The lowest BCUT2D eigenvalue weighted by molar-refractivity contribution is 0.0982. The first kappa shape index (κ1) is 35.1. The van der Waals surface area contributed by atoms with Crippen molar-refractivity contribution in [3.8, 4) is 16.9 Å². The van der Waals surface area contributed by atoms with Gasteiger partial charge >= 0.3 is 0 Å². The summed E-state index contributed by atoms with van der Waals surface area (Å²) in [5, 5.41) is 11.8. The predicted octanol–water partition coefficient (Wildman–Crippen LogP) is 6.33. The van der Waals surface area contributed by atoms with Crippen LogP contribution in [0, 0.1) is 0 Å². The Morgan fingerprint density at radius 3 is 2.41 bits per heavy atom. The Labute approximate surface area is 298 Å². The van der Waals surface area contributed by atoms with Crippen molar-refractivity contribution in [2.24, 2.45) is 7.05 Å². The largest absolute Gasteiger partial charge is 0.494 e. The van der Waals surface area contributed by atoms with Crippen LogP contribution in [-0.4, -0.2) is 102 Å². The Morgan fingerprint density at radius 1 is 1.00 bits per heavy atom. The van der Waals surface area contributed by atoms with E-state index in [0.29, 0.717) is 22.3 Å². The van der Waals surface area contributed by atoms with Gasteiger partial charge in [-0.1, -0.05) is 12.1 Å². The van der Waals surface area contributed by atoms with E-state index in [4.69, 9.17) is 9.72 Å². The van der Waals surface area contributed by atoms with Gasteiger partial charge in [-0.25, -0.2) is 4.98 Å². The standard InChI is InChI=1S/C36H47BrN9O2P/c1-7-8-26-19-31(33(48-4)21-32(26)46-13-11-28(12-14-46)45-17-15-43(2)16-18-45)41-36-38-23-29(37)35(42-36)40-30-10-9-25(20-34(30)49(5,6)47)27-22-39-44(3)24-27/h7,9-10,19-24,28H,1,8,11-18H2,2-6H3,(H2,38,40,41,42). The number of rotatable bonds is 11. The van der Waals surface area contributed by atoms with Gasteiger partial charge in [-0.2, -0.15) is 10.1 Å². The molecule has 2 aliphatic rings. The molecule has 2 fully saturated rings. The molecule has 13 heteroatoms. The summed E-state index contributed by atoms with van der Waals surface area (Å²) >= 11 is 3.61. The highest BCUT2D eigenvalue weighted by atomic mass is 79.9. The zero-order valence-electron chi connectivity index (χ0n) is 29.1. The summed E-state index contributed by atoms with van der Waals surface area (Å²) in [6.07, 6.45) is 10.4. The Bertz CT molecular complexity index is 1840. The molecular formula is C36H47BrN9O2P. The normalized spacial score (nSPS) is 16.5. The van der Waals surface area contributed by atoms with Crippen molar-refractivity contribution in [2.75, 3.05) is 82.3 Å². The van der Waals surface area contributed by atoms with E-state index in [0.717, 1.165) is 92.1 Å². The molecule has 0 spiro atoms. The number of nitrogens with one attached hydrogen (secondary N) is 2. The summed E-state index contributed by atoms with van der Waals surface area (Å²) in [5.41, 5.74) is 5.77. The van der Waals surface area contributed by atoms with Crippen LogP contribution in [0.4, 0.5) is 28.8 Å². The van der Waals surface area contributed by atoms with Crippen LogP contribution < -0.4 is 25.6 Å². The van der Waals surface area contributed by atoms with Gasteiger partial charge in [0.05, 0.1) is 29.2 Å². The number of nitrogens with zero attached hydrogens (tertiary/aromatic N) is 7. The van der Waals surface area contributed by atoms with Crippen molar-refractivity contribution >= 4 is 57.2 Å². The van der Waals surface area contributed by atoms with E-state index in [1.54, 1.807) is 37.5 Å². The van der Waals surface area contributed by atoms with Gasteiger partial charge in [0.15, 0.2) is 0 Å². The maximum atomic E-state index is 13.5. The van der Waals surface area contributed by atoms with Crippen molar-refractivity contribution in [3.05, 3.63) is 71.6 Å². The van der Waals surface area contributed by atoms with Gasteiger partial charge in [-0.05, 0) is 84.9 Å². The van der Waals surface area contributed by atoms with Crippen LogP contribution >= 0.6 is 23.1 Å². The van der Waals surface area contributed by atoms with Crippen LogP contribution in [0.2, 0.25) is 0 Å². The highest BCUT2D eigenvalue weighted by Crippen LogP contribution is 2.41. The molecule has 0 radical (unpaired) electrons.